The van der Waals surface area contributed by atoms with Gasteiger partial charge >= 0.3 is 0 Å². The minimum absolute atomic E-state index is 0.128. The van der Waals surface area contributed by atoms with Crippen molar-refractivity contribution in [2.75, 3.05) is 19.8 Å². The van der Waals surface area contributed by atoms with Crippen LogP contribution in [0.2, 0.25) is 5.02 Å². The maximum absolute atomic E-state index is 11.9. The predicted octanol–water partition coefficient (Wildman–Crippen LogP) is 3.27. The summed E-state index contributed by atoms with van der Waals surface area (Å²) < 4.78 is 10.9. The molecule has 1 aromatic carbocycles. The summed E-state index contributed by atoms with van der Waals surface area (Å²) in [6.45, 7) is 9.46. The van der Waals surface area contributed by atoms with Gasteiger partial charge in [0.15, 0.2) is 6.10 Å². The summed E-state index contributed by atoms with van der Waals surface area (Å²) >= 11 is 6.11. The van der Waals surface area contributed by atoms with Crippen molar-refractivity contribution in [3.05, 3.63) is 28.3 Å². The average Bonchev–Trinajstić information content (AvgIpc) is 2.44. The summed E-state index contributed by atoms with van der Waals surface area (Å²) in [6.07, 6.45) is 0.253. The van der Waals surface area contributed by atoms with Crippen LogP contribution in [0.1, 0.15) is 31.4 Å². The van der Waals surface area contributed by atoms with Crippen molar-refractivity contribution in [3.63, 3.8) is 0 Å². The average molecular weight is 314 g/mol. The topological polar surface area (TPSA) is 47.6 Å². The lowest BCUT2D eigenvalue weighted by molar-refractivity contribution is -0.127. The van der Waals surface area contributed by atoms with E-state index in [-0.39, 0.29) is 5.91 Å². The first-order valence-electron chi connectivity index (χ1n) is 7.24. The van der Waals surface area contributed by atoms with Crippen LogP contribution in [0.15, 0.2) is 12.1 Å². The molecule has 0 aliphatic rings. The predicted molar refractivity (Wildman–Crippen MR) is 85.1 cm³/mol. The summed E-state index contributed by atoms with van der Waals surface area (Å²) in [5.74, 6) is 0.531. The fourth-order valence-electron chi connectivity index (χ4n) is 1.91. The van der Waals surface area contributed by atoms with Gasteiger partial charge in [0.2, 0.25) is 0 Å². The zero-order chi connectivity index (χ0) is 15.8. The van der Waals surface area contributed by atoms with E-state index in [9.17, 15) is 4.79 Å². The molecule has 0 spiro atoms. The second kappa shape index (κ2) is 8.90. The number of amides is 1. The van der Waals surface area contributed by atoms with Crippen LogP contribution in [-0.2, 0) is 9.53 Å². The quantitative estimate of drug-likeness (QED) is 0.749. The van der Waals surface area contributed by atoms with E-state index in [0.717, 1.165) is 22.6 Å². The fraction of sp³-hybridized carbons (Fsp3) is 0.562. The van der Waals surface area contributed by atoms with Crippen LogP contribution >= 0.6 is 11.6 Å². The number of carbonyl (C=O) groups is 1. The Hall–Kier alpha value is -1.26. The summed E-state index contributed by atoms with van der Waals surface area (Å²) in [6, 6.07) is 3.68. The third kappa shape index (κ3) is 5.94. The third-order valence-corrected chi connectivity index (χ3v) is 3.66. The second-order valence-corrected chi connectivity index (χ2v) is 5.35. The number of aryl methyl sites for hydroxylation is 2. The van der Waals surface area contributed by atoms with Crippen LogP contribution in [0.4, 0.5) is 0 Å². The molecule has 1 aromatic rings. The van der Waals surface area contributed by atoms with Gasteiger partial charge in [0, 0.05) is 24.8 Å². The first-order chi connectivity index (χ1) is 9.95. The summed E-state index contributed by atoms with van der Waals surface area (Å²) in [5.41, 5.74) is 1.88. The molecular formula is C16H24ClNO3. The van der Waals surface area contributed by atoms with E-state index < -0.39 is 6.10 Å². The number of benzene rings is 1. The van der Waals surface area contributed by atoms with Crippen molar-refractivity contribution in [3.8, 4) is 5.75 Å². The monoisotopic (exact) mass is 313 g/mol. The van der Waals surface area contributed by atoms with Crippen LogP contribution in [-0.4, -0.2) is 31.8 Å². The van der Waals surface area contributed by atoms with Crippen molar-refractivity contribution >= 4 is 17.5 Å². The molecule has 1 amide bonds. The van der Waals surface area contributed by atoms with Crippen LogP contribution in [0, 0.1) is 13.8 Å². The highest BCUT2D eigenvalue weighted by molar-refractivity contribution is 6.32. The molecule has 0 bridgehead atoms. The molecule has 118 valence electrons. The molecule has 1 rings (SSSR count). The van der Waals surface area contributed by atoms with Gasteiger partial charge in [-0.15, -0.1) is 0 Å². The highest BCUT2D eigenvalue weighted by atomic mass is 35.5. The highest BCUT2D eigenvalue weighted by Gasteiger charge is 2.15. The molecule has 0 aliphatic heterocycles. The molecule has 4 nitrogen and oxygen atoms in total. The Bertz CT molecular complexity index is 454. The molecule has 0 unspecified atom stereocenters. The number of carbonyl (C=O) groups excluding carboxylic acids is 1. The zero-order valence-corrected chi connectivity index (χ0v) is 13.9. The number of hydrogen-bond donors (Lipinski definition) is 1. The smallest absolute Gasteiger partial charge is 0.260 e. The van der Waals surface area contributed by atoms with Crippen LogP contribution in [0.5, 0.6) is 5.75 Å². The SMILES string of the molecule is CCOCCCNC(=O)[C@@H](C)Oc1cc(C)c(Cl)c(C)c1. The van der Waals surface area contributed by atoms with Gasteiger partial charge in [-0.25, -0.2) is 0 Å². The van der Waals surface area contributed by atoms with Gasteiger partial charge in [-0.2, -0.15) is 0 Å². The molecule has 0 aliphatic carbocycles. The van der Waals surface area contributed by atoms with Gasteiger partial charge in [-0.1, -0.05) is 11.6 Å². The van der Waals surface area contributed by atoms with Crippen molar-refractivity contribution in [2.45, 2.75) is 40.2 Å². The molecule has 0 fully saturated rings. The second-order valence-electron chi connectivity index (χ2n) is 4.97. The van der Waals surface area contributed by atoms with E-state index >= 15 is 0 Å². The lowest BCUT2D eigenvalue weighted by Crippen LogP contribution is -2.37. The van der Waals surface area contributed by atoms with Crippen LogP contribution in [0.25, 0.3) is 0 Å². The Morgan fingerprint density at radius 2 is 1.95 bits per heavy atom. The van der Waals surface area contributed by atoms with Crippen molar-refractivity contribution in [2.24, 2.45) is 0 Å². The Balaban J connectivity index is 2.45. The third-order valence-electron chi connectivity index (χ3n) is 3.06. The van der Waals surface area contributed by atoms with Crippen LogP contribution in [0.3, 0.4) is 0 Å². The molecule has 0 aromatic heterocycles. The van der Waals surface area contributed by atoms with Crippen molar-refractivity contribution in [1.29, 1.82) is 0 Å². The minimum atomic E-state index is -0.544. The maximum atomic E-state index is 11.9. The number of halogens is 1. The number of nitrogens with one attached hydrogen (secondary N) is 1. The molecular weight excluding hydrogens is 290 g/mol. The molecule has 21 heavy (non-hydrogen) atoms. The van der Waals surface area contributed by atoms with E-state index in [0.29, 0.717) is 25.5 Å². The maximum Gasteiger partial charge on any atom is 0.260 e. The first-order valence-corrected chi connectivity index (χ1v) is 7.62. The molecule has 0 saturated carbocycles. The van der Waals surface area contributed by atoms with Crippen LogP contribution < -0.4 is 10.1 Å². The molecule has 1 atom stereocenters. The highest BCUT2D eigenvalue weighted by Crippen LogP contribution is 2.26. The van der Waals surface area contributed by atoms with E-state index in [1.807, 2.05) is 32.9 Å². The zero-order valence-electron chi connectivity index (χ0n) is 13.2. The van der Waals surface area contributed by atoms with E-state index in [1.165, 1.54) is 0 Å². The van der Waals surface area contributed by atoms with Gasteiger partial charge in [-0.3, -0.25) is 4.79 Å². The van der Waals surface area contributed by atoms with Crippen molar-refractivity contribution < 1.29 is 14.3 Å². The summed E-state index contributed by atoms with van der Waals surface area (Å²) in [4.78, 5) is 11.9. The molecule has 0 radical (unpaired) electrons. The Labute approximate surface area is 131 Å². The summed E-state index contributed by atoms with van der Waals surface area (Å²) in [5, 5.41) is 3.56. The van der Waals surface area contributed by atoms with Gasteiger partial charge in [0.05, 0.1) is 0 Å². The minimum Gasteiger partial charge on any atom is -0.481 e. The molecule has 5 heteroatoms. The lowest BCUT2D eigenvalue weighted by Gasteiger charge is -2.16. The van der Waals surface area contributed by atoms with Gasteiger partial charge in [-0.05, 0) is 57.4 Å². The lowest BCUT2D eigenvalue weighted by atomic mass is 10.1. The number of hydrogen-bond acceptors (Lipinski definition) is 3. The molecule has 0 heterocycles. The molecule has 1 N–H and O–H groups in total. The fourth-order valence-corrected chi connectivity index (χ4v) is 2.01. The van der Waals surface area contributed by atoms with Gasteiger partial charge < -0.3 is 14.8 Å². The largest absolute Gasteiger partial charge is 0.481 e. The number of ether oxygens (including phenoxy) is 2. The standard InChI is InChI=1S/C16H24ClNO3/c1-5-20-8-6-7-18-16(19)13(4)21-14-9-11(2)15(17)12(3)10-14/h9-10,13H,5-8H2,1-4H3,(H,18,19)/t13-/m1/s1. The summed E-state index contributed by atoms with van der Waals surface area (Å²) in [7, 11) is 0. The molecule has 0 saturated heterocycles. The Morgan fingerprint density at radius 1 is 1.33 bits per heavy atom. The van der Waals surface area contributed by atoms with Crippen molar-refractivity contribution in [1.82, 2.24) is 5.32 Å². The number of rotatable bonds is 8. The van der Waals surface area contributed by atoms with E-state index in [2.05, 4.69) is 5.32 Å². The Morgan fingerprint density at radius 3 is 2.52 bits per heavy atom. The van der Waals surface area contributed by atoms with E-state index in [4.69, 9.17) is 21.1 Å². The first kappa shape index (κ1) is 17.8. The van der Waals surface area contributed by atoms with Gasteiger partial charge in [0.25, 0.3) is 5.91 Å². The Kier molecular flexibility index (Phi) is 7.54. The van der Waals surface area contributed by atoms with Gasteiger partial charge in [0.1, 0.15) is 5.75 Å². The normalized spacial score (nSPS) is 12.0. The van der Waals surface area contributed by atoms with E-state index in [1.54, 1.807) is 6.92 Å².